The van der Waals surface area contributed by atoms with Gasteiger partial charge >= 0.3 is 0 Å². The van der Waals surface area contributed by atoms with E-state index in [1.54, 1.807) is 0 Å². The summed E-state index contributed by atoms with van der Waals surface area (Å²) in [7, 11) is 3.21. The molecule has 1 rings (SSSR count). The monoisotopic (exact) mass is 247 g/mol. The van der Waals surface area contributed by atoms with Gasteiger partial charge in [0.05, 0.1) is 6.10 Å². The number of hydrogen-bond acceptors (Lipinski definition) is 1. The number of hydrogen-bond donors (Lipinski definition) is 0. The van der Waals surface area contributed by atoms with Crippen LogP contribution in [0.5, 0.6) is 0 Å². The molecule has 3 radical (unpaired) electrons. The van der Waals surface area contributed by atoms with Crippen molar-refractivity contribution >= 4 is 10.5 Å². The molecule has 1 nitrogen and oxygen atoms in total. The van der Waals surface area contributed by atoms with E-state index in [-0.39, 0.29) is 6.10 Å². The van der Waals surface area contributed by atoms with Crippen LogP contribution in [0.15, 0.2) is 18.2 Å². The summed E-state index contributed by atoms with van der Waals surface area (Å²) < 4.78 is 5.41. The largest absolute Gasteiger partial charge is 0.412 e. The van der Waals surface area contributed by atoms with Crippen molar-refractivity contribution < 1.29 is 4.43 Å². The van der Waals surface area contributed by atoms with Crippen LogP contribution in [0.4, 0.5) is 0 Å². The molecule has 93 valence electrons. The molecule has 0 aliphatic heterocycles. The summed E-state index contributed by atoms with van der Waals surface area (Å²) >= 11 is 0. The molecule has 1 aromatic carbocycles. The predicted molar refractivity (Wildman–Crippen MR) is 74.3 cm³/mol. The zero-order chi connectivity index (χ0) is 12.7. The smallest absolute Gasteiger partial charge is 0.247 e. The summed E-state index contributed by atoms with van der Waals surface area (Å²) in [5, 5.41) is 0. The van der Waals surface area contributed by atoms with Gasteiger partial charge in [-0.3, -0.25) is 0 Å². The minimum atomic E-state index is 0.171. The highest BCUT2D eigenvalue weighted by Gasteiger charge is 2.14. The Labute approximate surface area is 109 Å². The van der Waals surface area contributed by atoms with Crippen LogP contribution < -0.4 is 0 Å². The van der Waals surface area contributed by atoms with Crippen molar-refractivity contribution in [3.63, 3.8) is 0 Å². The Bertz CT molecular complexity index is 332. The van der Waals surface area contributed by atoms with Gasteiger partial charge in [0.25, 0.3) is 0 Å². The molecule has 0 aliphatic rings. The molecule has 1 atom stereocenters. The van der Waals surface area contributed by atoms with E-state index in [1.165, 1.54) is 36.0 Å². The van der Waals surface area contributed by atoms with Crippen molar-refractivity contribution in [2.24, 2.45) is 0 Å². The van der Waals surface area contributed by atoms with E-state index in [2.05, 4.69) is 49.5 Å². The van der Waals surface area contributed by atoms with Crippen LogP contribution in [-0.4, -0.2) is 10.5 Å². The minimum absolute atomic E-state index is 0.171. The average Bonchev–Trinajstić information content (AvgIpc) is 2.34. The number of aryl methyl sites for hydroxylation is 1. The Hall–Kier alpha value is -0.603. The lowest BCUT2D eigenvalue weighted by molar-refractivity contribution is 0.221. The van der Waals surface area contributed by atoms with Crippen LogP contribution in [0.2, 0.25) is 0 Å². The Morgan fingerprint density at radius 3 is 2.35 bits per heavy atom. The molecule has 0 fully saturated rings. The van der Waals surface area contributed by atoms with Gasteiger partial charge in [0.2, 0.25) is 10.5 Å². The Balaban J connectivity index is 3.13. The van der Waals surface area contributed by atoms with E-state index in [1.807, 2.05) is 0 Å². The van der Waals surface area contributed by atoms with Crippen molar-refractivity contribution in [2.45, 2.75) is 59.0 Å². The first-order chi connectivity index (χ1) is 8.28. The molecule has 0 saturated heterocycles. The van der Waals surface area contributed by atoms with Crippen molar-refractivity contribution in [3.8, 4) is 0 Å². The zero-order valence-corrected chi connectivity index (χ0v) is 12.3. The van der Waals surface area contributed by atoms with Gasteiger partial charge in [0.1, 0.15) is 0 Å². The van der Waals surface area contributed by atoms with E-state index in [9.17, 15) is 0 Å². The molecular formula is C15H23OSi. The van der Waals surface area contributed by atoms with Crippen LogP contribution in [0.3, 0.4) is 0 Å². The fourth-order valence-electron chi connectivity index (χ4n) is 2.38. The van der Waals surface area contributed by atoms with Crippen molar-refractivity contribution in [2.75, 3.05) is 0 Å². The van der Waals surface area contributed by atoms with Gasteiger partial charge in [-0.15, -0.1) is 0 Å². The topological polar surface area (TPSA) is 9.23 Å². The van der Waals surface area contributed by atoms with Gasteiger partial charge in [-0.1, -0.05) is 51.8 Å². The molecule has 0 heterocycles. The number of benzene rings is 1. The molecule has 0 aromatic heterocycles. The first-order valence-corrected chi connectivity index (χ1v) is 7.12. The maximum atomic E-state index is 5.41. The minimum Gasteiger partial charge on any atom is -0.412 e. The highest BCUT2D eigenvalue weighted by atomic mass is 28.2. The molecule has 0 N–H and O–H groups in total. The second-order valence-corrected chi connectivity index (χ2v) is 4.74. The second-order valence-electron chi connectivity index (χ2n) is 4.50. The fraction of sp³-hybridized carbons (Fsp3) is 0.600. The van der Waals surface area contributed by atoms with Crippen molar-refractivity contribution in [1.82, 2.24) is 0 Å². The molecule has 0 bridgehead atoms. The number of rotatable bonds is 7. The zero-order valence-electron chi connectivity index (χ0n) is 11.3. The first kappa shape index (κ1) is 14.5. The third-order valence-electron chi connectivity index (χ3n) is 3.19. The molecule has 2 heteroatoms. The molecule has 0 spiro atoms. The first-order valence-electron chi connectivity index (χ1n) is 6.71. The van der Waals surface area contributed by atoms with Gasteiger partial charge in [-0.2, -0.15) is 0 Å². The van der Waals surface area contributed by atoms with Gasteiger partial charge < -0.3 is 4.43 Å². The maximum absolute atomic E-state index is 5.41. The van der Waals surface area contributed by atoms with Gasteiger partial charge in [-0.05, 0) is 36.0 Å². The predicted octanol–water partition coefficient (Wildman–Crippen LogP) is 4.14. The fourth-order valence-corrected chi connectivity index (χ4v) is 2.67. The third kappa shape index (κ3) is 3.68. The lowest BCUT2D eigenvalue weighted by Gasteiger charge is -2.20. The molecule has 17 heavy (non-hydrogen) atoms. The van der Waals surface area contributed by atoms with E-state index < -0.39 is 0 Å². The van der Waals surface area contributed by atoms with Crippen molar-refractivity contribution in [3.05, 3.63) is 34.9 Å². The summed E-state index contributed by atoms with van der Waals surface area (Å²) in [5.74, 6) is 0. The Morgan fingerprint density at radius 1 is 1.12 bits per heavy atom. The highest BCUT2D eigenvalue weighted by molar-refractivity contribution is 5.98. The molecule has 0 aliphatic carbocycles. The van der Waals surface area contributed by atoms with Crippen LogP contribution in [-0.2, 0) is 17.3 Å². The quantitative estimate of drug-likeness (QED) is 0.658. The normalized spacial score (nSPS) is 12.7. The molecule has 0 saturated carbocycles. The van der Waals surface area contributed by atoms with Gasteiger partial charge in [-0.25, -0.2) is 0 Å². The van der Waals surface area contributed by atoms with Gasteiger partial charge in [0.15, 0.2) is 0 Å². The molecular weight excluding hydrogens is 224 g/mol. The lowest BCUT2D eigenvalue weighted by Crippen LogP contribution is -2.07. The lowest BCUT2D eigenvalue weighted by atomic mass is 9.91. The van der Waals surface area contributed by atoms with E-state index in [4.69, 9.17) is 4.43 Å². The van der Waals surface area contributed by atoms with Crippen molar-refractivity contribution in [1.29, 1.82) is 0 Å². The van der Waals surface area contributed by atoms with Crippen LogP contribution in [0, 0.1) is 0 Å². The maximum Gasteiger partial charge on any atom is 0.247 e. The Kier molecular flexibility index (Phi) is 6.52. The average molecular weight is 247 g/mol. The highest BCUT2D eigenvalue weighted by Crippen LogP contribution is 2.28. The van der Waals surface area contributed by atoms with E-state index >= 15 is 0 Å². The summed E-state index contributed by atoms with van der Waals surface area (Å²) in [4.78, 5) is 0. The van der Waals surface area contributed by atoms with Crippen LogP contribution >= 0.6 is 0 Å². The van der Waals surface area contributed by atoms with E-state index in [0.717, 1.165) is 12.8 Å². The Morgan fingerprint density at radius 2 is 1.82 bits per heavy atom. The molecule has 1 aromatic rings. The summed E-state index contributed by atoms with van der Waals surface area (Å²) in [5.41, 5.74) is 4.35. The summed E-state index contributed by atoms with van der Waals surface area (Å²) in [6.45, 7) is 6.63. The van der Waals surface area contributed by atoms with Gasteiger partial charge in [0, 0.05) is 0 Å². The summed E-state index contributed by atoms with van der Waals surface area (Å²) in [6, 6.07) is 6.63. The molecule has 1 unspecified atom stereocenters. The third-order valence-corrected chi connectivity index (χ3v) is 3.47. The standard InChI is InChI=1S/C15H23OSi/c1-4-8-12-10-7-11-14(13(12)9-5-2)15(6-3)16-17/h7,10-11,15H,4-6,8-9H2,1-3H3. The second kappa shape index (κ2) is 7.67. The molecule has 0 amide bonds. The summed E-state index contributed by atoms with van der Waals surface area (Å²) in [6.07, 6.45) is 5.87. The SMILES string of the molecule is CCCc1cccc(C(CC)O[Si])c1CCC. The van der Waals surface area contributed by atoms with E-state index in [0.29, 0.717) is 0 Å². The van der Waals surface area contributed by atoms with Crippen LogP contribution in [0.1, 0.15) is 62.8 Å². The van der Waals surface area contributed by atoms with Crippen LogP contribution in [0.25, 0.3) is 0 Å².